The SMILES string of the molecule is O=C(NC(c1ccccc1)c1ccco1)C1CCN(c2ccc3nnnn3n2)CC1. The Kier molecular flexibility index (Phi) is 4.84. The number of piperidine rings is 1. The van der Waals surface area contributed by atoms with Crippen LogP contribution in [0.4, 0.5) is 5.82 Å². The summed E-state index contributed by atoms with van der Waals surface area (Å²) in [4.78, 5) is 15.2. The van der Waals surface area contributed by atoms with Crippen LogP contribution in [0.25, 0.3) is 5.65 Å². The number of carbonyl (C=O) groups is 1. The molecule has 0 aliphatic carbocycles. The number of benzene rings is 1. The summed E-state index contributed by atoms with van der Waals surface area (Å²) in [5.74, 6) is 1.53. The second-order valence-electron chi connectivity index (χ2n) is 7.35. The van der Waals surface area contributed by atoms with Crippen LogP contribution in [0.2, 0.25) is 0 Å². The summed E-state index contributed by atoms with van der Waals surface area (Å²) >= 11 is 0. The van der Waals surface area contributed by atoms with Crippen molar-refractivity contribution in [2.24, 2.45) is 5.92 Å². The molecule has 30 heavy (non-hydrogen) atoms. The largest absolute Gasteiger partial charge is 0.467 e. The maximum absolute atomic E-state index is 13.0. The number of aromatic nitrogens is 5. The second-order valence-corrected chi connectivity index (χ2v) is 7.35. The van der Waals surface area contributed by atoms with Crippen molar-refractivity contribution in [2.75, 3.05) is 18.0 Å². The standard InChI is InChI=1S/C21H21N7O2/c29-21(22-20(17-7-4-14-30-17)15-5-2-1-3-6-15)16-10-12-27(13-11-16)19-9-8-18-23-25-26-28(18)24-19/h1-9,14,16,20H,10-13H2,(H,22,29). The number of rotatable bonds is 5. The molecule has 5 rings (SSSR count). The molecule has 3 aromatic heterocycles. The van der Waals surface area contributed by atoms with Gasteiger partial charge in [0.05, 0.1) is 6.26 Å². The fraction of sp³-hybridized carbons (Fsp3) is 0.286. The number of carbonyl (C=O) groups excluding carboxylic acids is 1. The summed E-state index contributed by atoms with van der Waals surface area (Å²) in [6.45, 7) is 1.49. The molecular weight excluding hydrogens is 382 g/mol. The number of furan rings is 1. The summed E-state index contributed by atoms with van der Waals surface area (Å²) < 4.78 is 7.01. The summed E-state index contributed by atoms with van der Waals surface area (Å²) in [5, 5.41) is 19.0. The van der Waals surface area contributed by atoms with Crippen LogP contribution in [-0.4, -0.2) is 44.3 Å². The van der Waals surface area contributed by atoms with Crippen LogP contribution in [0.15, 0.2) is 65.3 Å². The third-order valence-corrected chi connectivity index (χ3v) is 5.49. The predicted molar refractivity (Wildman–Crippen MR) is 109 cm³/mol. The van der Waals surface area contributed by atoms with Gasteiger partial charge in [0.2, 0.25) is 5.91 Å². The van der Waals surface area contributed by atoms with Crippen molar-refractivity contribution in [3.8, 4) is 0 Å². The van der Waals surface area contributed by atoms with Gasteiger partial charge in [0.15, 0.2) is 11.5 Å². The van der Waals surface area contributed by atoms with E-state index in [-0.39, 0.29) is 17.9 Å². The van der Waals surface area contributed by atoms with Gasteiger partial charge in [0.1, 0.15) is 11.8 Å². The number of tetrazole rings is 1. The number of amides is 1. The Labute approximate surface area is 172 Å². The highest BCUT2D eigenvalue weighted by Gasteiger charge is 2.29. The van der Waals surface area contributed by atoms with E-state index in [0.29, 0.717) is 5.65 Å². The molecular formula is C21H21N7O2. The molecule has 1 atom stereocenters. The van der Waals surface area contributed by atoms with Gasteiger partial charge in [-0.2, -0.15) is 0 Å². The molecule has 0 bridgehead atoms. The molecule has 1 fully saturated rings. The van der Waals surface area contributed by atoms with Gasteiger partial charge in [-0.15, -0.1) is 14.8 Å². The van der Waals surface area contributed by atoms with Gasteiger partial charge in [-0.1, -0.05) is 30.3 Å². The van der Waals surface area contributed by atoms with E-state index in [0.717, 1.165) is 43.1 Å². The lowest BCUT2D eigenvalue weighted by molar-refractivity contribution is -0.126. The van der Waals surface area contributed by atoms with Crippen molar-refractivity contribution in [2.45, 2.75) is 18.9 Å². The third-order valence-electron chi connectivity index (χ3n) is 5.49. The molecule has 1 N–H and O–H groups in total. The summed E-state index contributed by atoms with van der Waals surface area (Å²) in [5.41, 5.74) is 1.61. The van der Waals surface area contributed by atoms with Crippen LogP contribution in [0.5, 0.6) is 0 Å². The zero-order valence-electron chi connectivity index (χ0n) is 16.3. The maximum Gasteiger partial charge on any atom is 0.224 e. The molecule has 9 heteroatoms. The first-order chi connectivity index (χ1) is 14.8. The molecule has 0 spiro atoms. The highest BCUT2D eigenvalue weighted by atomic mass is 16.3. The van der Waals surface area contributed by atoms with Crippen LogP contribution < -0.4 is 10.2 Å². The first-order valence-electron chi connectivity index (χ1n) is 9.97. The number of hydrogen-bond acceptors (Lipinski definition) is 7. The van der Waals surface area contributed by atoms with Crippen molar-refractivity contribution >= 4 is 17.4 Å². The van der Waals surface area contributed by atoms with Crippen LogP contribution >= 0.6 is 0 Å². The normalized spacial score (nSPS) is 15.9. The topological polar surface area (TPSA) is 101 Å². The molecule has 1 aromatic carbocycles. The fourth-order valence-electron chi connectivity index (χ4n) is 3.86. The molecule has 1 saturated heterocycles. The molecule has 0 saturated carbocycles. The average Bonchev–Trinajstić information content (AvgIpc) is 3.49. The van der Waals surface area contributed by atoms with E-state index >= 15 is 0 Å². The second kappa shape index (κ2) is 7.94. The molecule has 1 aliphatic rings. The van der Waals surface area contributed by atoms with Gasteiger partial charge in [-0.05, 0) is 53.1 Å². The minimum absolute atomic E-state index is 0.0452. The smallest absolute Gasteiger partial charge is 0.224 e. The lowest BCUT2D eigenvalue weighted by Gasteiger charge is -2.32. The Morgan fingerprint density at radius 1 is 1.07 bits per heavy atom. The highest BCUT2D eigenvalue weighted by molar-refractivity contribution is 5.79. The third kappa shape index (κ3) is 3.61. The van der Waals surface area contributed by atoms with Gasteiger partial charge < -0.3 is 14.6 Å². The van der Waals surface area contributed by atoms with Gasteiger partial charge in [0.25, 0.3) is 0 Å². The van der Waals surface area contributed by atoms with Crippen LogP contribution in [0.1, 0.15) is 30.2 Å². The molecule has 1 amide bonds. The first-order valence-corrected chi connectivity index (χ1v) is 9.97. The van der Waals surface area contributed by atoms with Crippen molar-refractivity contribution in [3.63, 3.8) is 0 Å². The lowest BCUT2D eigenvalue weighted by atomic mass is 9.94. The Hall–Kier alpha value is -3.75. The molecule has 1 aliphatic heterocycles. The Balaban J connectivity index is 1.25. The van der Waals surface area contributed by atoms with Crippen molar-refractivity contribution in [1.82, 2.24) is 30.6 Å². The molecule has 4 heterocycles. The van der Waals surface area contributed by atoms with Gasteiger partial charge >= 0.3 is 0 Å². The number of nitrogens with zero attached hydrogens (tertiary/aromatic N) is 6. The predicted octanol–water partition coefficient (Wildman–Crippen LogP) is 2.23. The van der Waals surface area contributed by atoms with Gasteiger partial charge in [0, 0.05) is 19.0 Å². The molecule has 0 radical (unpaired) electrons. The van der Waals surface area contributed by atoms with Gasteiger partial charge in [-0.3, -0.25) is 4.79 Å². The first kappa shape index (κ1) is 18.3. The Morgan fingerprint density at radius 3 is 2.67 bits per heavy atom. The number of fused-ring (bicyclic) bond motifs is 1. The summed E-state index contributed by atoms with van der Waals surface area (Å²) in [7, 11) is 0. The maximum atomic E-state index is 13.0. The van der Waals surface area contributed by atoms with E-state index in [2.05, 4.69) is 30.8 Å². The molecule has 4 aromatic rings. The van der Waals surface area contributed by atoms with E-state index in [4.69, 9.17) is 4.42 Å². The van der Waals surface area contributed by atoms with Crippen LogP contribution in [-0.2, 0) is 4.79 Å². The number of anilines is 1. The van der Waals surface area contributed by atoms with Crippen molar-refractivity contribution in [3.05, 3.63) is 72.2 Å². The summed E-state index contributed by atoms with van der Waals surface area (Å²) in [6.07, 6.45) is 3.13. The minimum Gasteiger partial charge on any atom is -0.467 e. The van der Waals surface area contributed by atoms with Crippen LogP contribution in [0, 0.1) is 5.92 Å². The lowest BCUT2D eigenvalue weighted by Crippen LogP contribution is -2.42. The Morgan fingerprint density at radius 2 is 1.90 bits per heavy atom. The monoisotopic (exact) mass is 403 g/mol. The number of nitrogens with one attached hydrogen (secondary N) is 1. The highest BCUT2D eigenvalue weighted by Crippen LogP contribution is 2.26. The van der Waals surface area contributed by atoms with E-state index in [9.17, 15) is 4.79 Å². The zero-order chi connectivity index (χ0) is 20.3. The van der Waals surface area contributed by atoms with E-state index in [1.165, 1.54) is 4.63 Å². The number of hydrogen-bond donors (Lipinski definition) is 1. The molecule has 152 valence electrons. The van der Waals surface area contributed by atoms with E-state index < -0.39 is 0 Å². The van der Waals surface area contributed by atoms with Crippen molar-refractivity contribution in [1.29, 1.82) is 0 Å². The molecule has 9 nitrogen and oxygen atoms in total. The van der Waals surface area contributed by atoms with E-state index in [1.54, 1.807) is 6.26 Å². The average molecular weight is 403 g/mol. The quantitative estimate of drug-likeness (QED) is 0.545. The van der Waals surface area contributed by atoms with Crippen molar-refractivity contribution < 1.29 is 9.21 Å². The summed E-state index contributed by atoms with van der Waals surface area (Å²) in [6, 6.07) is 17.1. The fourth-order valence-corrected chi connectivity index (χ4v) is 3.86. The molecule has 1 unspecified atom stereocenters. The zero-order valence-corrected chi connectivity index (χ0v) is 16.3. The van der Waals surface area contributed by atoms with Crippen LogP contribution in [0.3, 0.4) is 0 Å². The Bertz CT molecular complexity index is 1120. The minimum atomic E-state index is -0.296. The van der Waals surface area contributed by atoms with E-state index in [1.807, 2.05) is 54.6 Å². The van der Waals surface area contributed by atoms with Gasteiger partial charge in [-0.25, -0.2) is 0 Å².